The quantitative estimate of drug-likeness (QED) is 0.847. The van der Waals surface area contributed by atoms with Gasteiger partial charge in [-0.3, -0.25) is 0 Å². The molecule has 88 valence electrons. The Morgan fingerprint density at radius 2 is 2.19 bits per heavy atom. The van der Waals surface area contributed by atoms with Gasteiger partial charge in [-0.1, -0.05) is 12.1 Å². The molecular weight excluding hydrogens is 202 g/mol. The van der Waals surface area contributed by atoms with Crippen LogP contribution in [-0.4, -0.2) is 19.8 Å². The van der Waals surface area contributed by atoms with Gasteiger partial charge >= 0.3 is 0 Å². The van der Waals surface area contributed by atoms with Crippen LogP contribution in [0.25, 0.3) is 0 Å². The van der Waals surface area contributed by atoms with Crippen LogP contribution in [0.4, 0.5) is 0 Å². The molecule has 2 rings (SSSR count). The summed E-state index contributed by atoms with van der Waals surface area (Å²) in [5.41, 5.74) is 6.92. The third kappa shape index (κ3) is 2.97. The van der Waals surface area contributed by atoms with Crippen molar-refractivity contribution in [1.29, 1.82) is 0 Å². The molecule has 1 saturated heterocycles. The lowest BCUT2D eigenvalue weighted by molar-refractivity contribution is 0.167. The molecule has 3 nitrogen and oxygen atoms in total. The van der Waals surface area contributed by atoms with Gasteiger partial charge in [0.15, 0.2) is 0 Å². The van der Waals surface area contributed by atoms with E-state index in [1.165, 1.54) is 0 Å². The fourth-order valence-corrected chi connectivity index (χ4v) is 1.80. The molecule has 0 aromatic heterocycles. The largest absolute Gasteiger partial charge is 0.493 e. The minimum atomic E-state index is 0.0808. The maximum absolute atomic E-state index is 5.78. The molecule has 1 aliphatic rings. The van der Waals surface area contributed by atoms with E-state index in [0.717, 1.165) is 37.6 Å². The number of nitrogens with two attached hydrogens (primary N) is 1. The van der Waals surface area contributed by atoms with Crippen molar-refractivity contribution in [3.63, 3.8) is 0 Å². The molecular formula is C13H19NO2. The summed E-state index contributed by atoms with van der Waals surface area (Å²) in [4.78, 5) is 0. The van der Waals surface area contributed by atoms with E-state index in [-0.39, 0.29) is 6.04 Å². The first kappa shape index (κ1) is 11.4. The van der Waals surface area contributed by atoms with Crippen molar-refractivity contribution < 1.29 is 9.47 Å². The highest BCUT2D eigenvalue weighted by Crippen LogP contribution is 2.18. The number of benzene rings is 1. The minimum absolute atomic E-state index is 0.0808. The van der Waals surface area contributed by atoms with E-state index in [4.69, 9.17) is 15.2 Å². The molecule has 1 fully saturated rings. The Hall–Kier alpha value is -1.06. The fourth-order valence-electron chi connectivity index (χ4n) is 1.80. The summed E-state index contributed by atoms with van der Waals surface area (Å²) in [6.45, 7) is 4.43. The van der Waals surface area contributed by atoms with Crippen LogP contribution >= 0.6 is 0 Å². The van der Waals surface area contributed by atoms with Gasteiger partial charge in [-0.15, -0.1) is 0 Å². The van der Waals surface area contributed by atoms with Gasteiger partial charge in [0.2, 0.25) is 0 Å². The third-order valence-corrected chi connectivity index (χ3v) is 2.92. The maximum Gasteiger partial charge on any atom is 0.119 e. The number of rotatable bonds is 4. The lowest BCUT2D eigenvalue weighted by atomic mass is 10.1. The van der Waals surface area contributed by atoms with E-state index in [0.29, 0.717) is 5.92 Å². The molecule has 3 heteroatoms. The minimum Gasteiger partial charge on any atom is -0.493 e. The van der Waals surface area contributed by atoms with E-state index in [1.54, 1.807) is 0 Å². The summed E-state index contributed by atoms with van der Waals surface area (Å²) in [6.07, 6.45) is 1.11. The zero-order valence-electron chi connectivity index (χ0n) is 9.69. The van der Waals surface area contributed by atoms with Crippen molar-refractivity contribution in [1.82, 2.24) is 0 Å². The molecule has 0 saturated carbocycles. The maximum atomic E-state index is 5.78. The molecule has 2 N–H and O–H groups in total. The SMILES string of the molecule is C[C@H](N)c1ccc(OCC2CCOC2)cc1. The van der Waals surface area contributed by atoms with Crippen LogP contribution in [0.5, 0.6) is 5.75 Å². The van der Waals surface area contributed by atoms with Crippen molar-refractivity contribution >= 4 is 0 Å². The van der Waals surface area contributed by atoms with E-state index in [2.05, 4.69) is 0 Å². The van der Waals surface area contributed by atoms with Gasteiger partial charge in [-0.2, -0.15) is 0 Å². The molecule has 0 spiro atoms. The van der Waals surface area contributed by atoms with E-state index in [9.17, 15) is 0 Å². The van der Waals surface area contributed by atoms with E-state index < -0.39 is 0 Å². The van der Waals surface area contributed by atoms with Crippen LogP contribution in [0.15, 0.2) is 24.3 Å². The number of hydrogen-bond donors (Lipinski definition) is 1. The van der Waals surface area contributed by atoms with Gasteiger partial charge in [0.1, 0.15) is 5.75 Å². The summed E-state index contributed by atoms with van der Waals surface area (Å²) >= 11 is 0. The topological polar surface area (TPSA) is 44.5 Å². The molecule has 0 radical (unpaired) electrons. The van der Waals surface area contributed by atoms with Gasteiger partial charge in [0.05, 0.1) is 13.2 Å². The first-order valence-electron chi connectivity index (χ1n) is 5.82. The Labute approximate surface area is 96.5 Å². The Kier molecular flexibility index (Phi) is 3.80. The van der Waals surface area contributed by atoms with Crippen LogP contribution in [-0.2, 0) is 4.74 Å². The average Bonchev–Trinajstić information content (AvgIpc) is 2.80. The van der Waals surface area contributed by atoms with Crippen molar-refractivity contribution in [3.05, 3.63) is 29.8 Å². The van der Waals surface area contributed by atoms with Gasteiger partial charge in [-0.25, -0.2) is 0 Å². The van der Waals surface area contributed by atoms with Crippen LogP contribution in [0, 0.1) is 5.92 Å². The highest BCUT2D eigenvalue weighted by Gasteiger charge is 2.16. The second kappa shape index (κ2) is 5.32. The smallest absolute Gasteiger partial charge is 0.119 e. The Bertz CT molecular complexity index is 315. The Morgan fingerprint density at radius 1 is 1.44 bits per heavy atom. The zero-order valence-corrected chi connectivity index (χ0v) is 9.69. The number of hydrogen-bond acceptors (Lipinski definition) is 3. The Morgan fingerprint density at radius 3 is 2.75 bits per heavy atom. The van der Waals surface area contributed by atoms with E-state index in [1.807, 2.05) is 31.2 Å². The molecule has 2 atom stereocenters. The Balaban J connectivity index is 1.84. The van der Waals surface area contributed by atoms with Gasteiger partial charge in [0.25, 0.3) is 0 Å². The van der Waals surface area contributed by atoms with Crippen LogP contribution < -0.4 is 10.5 Å². The molecule has 1 unspecified atom stereocenters. The predicted molar refractivity (Wildman–Crippen MR) is 63.5 cm³/mol. The average molecular weight is 221 g/mol. The molecule has 1 aliphatic heterocycles. The van der Waals surface area contributed by atoms with Gasteiger partial charge < -0.3 is 15.2 Å². The summed E-state index contributed by atoms with van der Waals surface area (Å²) in [7, 11) is 0. The van der Waals surface area contributed by atoms with Crippen molar-refractivity contribution in [2.45, 2.75) is 19.4 Å². The summed E-state index contributed by atoms with van der Waals surface area (Å²) in [5, 5.41) is 0. The normalized spacial score (nSPS) is 22.0. The monoisotopic (exact) mass is 221 g/mol. The predicted octanol–water partition coefficient (Wildman–Crippen LogP) is 2.12. The van der Waals surface area contributed by atoms with Crippen molar-refractivity contribution in [3.8, 4) is 5.75 Å². The summed E-state index contributed by atoms with van der Waals surface area (Å²) in [6, 6.07) is 8.08. The molecule has 16 heavy (non-hydrogen) atoms. The molecule has 0 aliphatic carbocycles. The molecule has 0 amide bonds. The van der Waals surface area contributed by atoms with Crippen molar-refractivity contribution in [2.24, 2.45) is 11.7 Å². The second-order valence-electron chi connectivity index (χ2n) is 4.40. The summed E-state index contributed by atoms with van der Waals surface area (Å²) < 4.78 is 11.0. The molecule has 1 aromatic carbocycles. The molecule has 1 heterocycles. The molecule has 0 bridgehead atoms. The highest BCUT2D eigenvalue weighted by molar-refractivity contribution is 5.28. The highest BCUT2D eigenvalue weighted by atomic mass is 16.5. The fraction of sp³-hybridized carbons (Fsp3) is 0.538. The van der Waals surface area contributed by atoms with Crippen LogP contribution in [0.2, 0.25) is 0 Å². The van der Waals surface area contributed by atoms with E-state index >= 15 is 0 Å². The van der Waals surface area contributed by atoms with Gasteiger partial charge in [0, 0.05) is 18.6 Å². The molecule has 1 aromatic rings. The standard InChI is InChI=1S/C13H19NO2/c1-10(14)12-2-4-13(5-3-12)16-9-11-6-7-15-8-11/h2-5,10-11H,6-9,14H2,1H3/t10-,11?/m0/s1. The van der Waals surface area contributed by atoms with Gasteiger partial charge in [-0.05, 0) is 31.0 Å². The van der Waals surface area contributed by atoms with Crippen LogP contribution in [0.3, 0.4) is 0 Å². The summed E-state index contributed by atoms with van der Waals surface area (Å²) in [5.74, 6) is 1.46. The van der Waals surface area contributed by atoms with Crippen LogP contribution in [0.1, 0.15) is 24.9 Å². The first-order valence-corrected chi connectivity index (χ1v) is 5.82. The second-order valence-corrected chi connectivity index (χ2v) is 4.40. The third-order valence-electron chi connectivity index (χ3n) is 2.92. The zero-order chi connectivity index (χ0) is 11.4. The van der Waals surface area contributed by atoms with Crippen molar-refractivity contribution in [2.75, 3.05) is 19.8 Å². The number of ether oxygens (including phenoxy) is 2. The lowest BCUT2D eigenvalue weighted by Crippen LogP contribution is -2.11. The lowest BCUT2D eigenvalue weighted by Gasteiger charge is -2.11. The first-order chi connectivity index (χ1) is 7.75.